The fraction of sp³-hybridized carbons (Fsp3) is 0.571. The van der Waals surface area contributed by atoms with Gasteiger partial charge in [0.1, 0.15) is 9.84 Å². The van der Waals surface area contributed by atoms with E-state index in [9.17, 15) is 13.5 Å². The van der Waals surface area contributed by atoms with E-state index in [1.165, 1.54) is 11.8 Å². The molecule has 4 heteroatoms. The van der Waals surface area contributed by atoms with Crippen molar-refractivity contribution in [1.82, 2.24) is 0 Å². The topological polar surface area (TPSA) is 54.4 Å². The molecular weight excluding hydrogens is 248 g/mol. The van der Waals surface area contributed by atoms with Gasteiger partial charge in [-0.1, -0.05) is 24.3 Å². The molecule has 1 N–H and O–H groups in total. The maximum atomic E-state index is 11.2. The third-order valence-electron chi connectivity index (χ3n) is 3.70. The smallest absolute Gasteiger partial charge is 0.147 e. The summed E-state index contributed by atoms with van der Waals surface area (Å²) in [6, 6.07) is 7.93. The summed E-state index contributed by atoms with van der Waals surface area (Å²) in [7, 11) is -2.95. The standard InChI is InChI=1S/C14H20O3S/c1-18(16,17)10-9-12-7-4-6-11-5-2-3-8-13(11)14(12)15/h2-3,5,8,12,14-15H,4,6-7,9-10H2,1H3. The highest BCUT2D eigenvalue weighted by Gasteiger charge is 2.26. The molecule has 1 aromatic rings. The van der Waals surface area contributed by atoms with Crippen molar-refractivity contribution >= 4 is 9.84 Å². The Morgan fingerprint density at radius 3 is 2.78 bits per heavy atom. The molecule has 0 spiro atoms. The minimum atomic E-state index is -2.95. The number of sulfone groups is 1. The molecule has 0 bridgehead atoms. The lowest BCUT2D eigenvalue weighted by Gasteiger charge is -2.21. The van der Waals surface area contributed by atoms with Gasteiger partial charge in [-0.05, 0) is 42.7 Å². The zero-order chi connectivity index (χ0) is 13.2. The Morgan fingerprint density at radius 1 is 1.33 bits per heavy atom. The number of fused-ring (bicyclic) bond motifs is 1. The maximum absolute atomic E-state index is 11.2. The summed E-state index contributed by atoms with van der Waals surface area (Å²) in [6.45, 7) is 0. The van der Waals surface area contributed by atoms with Gasteiger partial charge in [0.05, 0.1) is 11.9 Å². The summed E-state index contributed by atoms with van der Waals surface area (Å²) in [5.74, 6) is 0.222. The number of hydrogen-bond acceptors (Lipinski definition) is 3. The zero-order valence-electron chi connectivity index (χ0n) is 10.7. The van der Waals surface area contributed by atoms with Crippen molar-refractivity contribution in [2.24, 2.45) is 5.92 Å². The second kappa shape index (κ2) is 5.41. The van der Waals surface area contributed by atoms with Gasteiger partial charge in [-0.3, -0.25) is 0 Å². The van der Waals surface area contributed by atoms with Crippen LogP contribution in [-0.4, -0.2) is 25.5 Å². The highest BCUT2D eigenvalue weighted by atomic mass is 32.2. The lowest BCUT2D eigenvalue weighted by Crippen LogP contribution is -2.16. The number of rotatable bonds is 3. The van der Waals surface area contributed by atoms with E-state index >= 15 is 0 Å². The van der Waals surface area contributed by atoms with E-state index in [2.05, 4.69) is 6.07 Å². The Kier molecular flexibility index (Phi) is 4.07. The van der Waals surface area contributed by atoms with Gasteiger partial charge in [-0.15, -0.1) is 0 Å². The van der Waals surface area contributed by atoms with Crippen LogP contribution in [0.1, 0.15) is 36.5 Å². The van der Waals surface area contributed by atoms with Crippen LogP contribution in [0.5, 0.6) is 0 Å². The summed E-state index contributed by atoms with van der Waals surface area (Å²) in [4.78, 5) is 0. The quantitative estimate of drug-likeness (QED) is 0.854. The van der Waals surface area contributed by atoms with Crippen molar-refractivity contribution in [2.75, 3.05) is 12.0 Å². The number of hydrogen-bond donors (Lipinski definition) is 1. The van der Waals surface area contributed by atoms with Crippen LogP contribution in [-0.2, 0) is 16.3 Å². The summed E-state index contributed by atoms with van der Waals surface area (Å²) >= 11 is 0. The number of aryl methyl sites for hydroxylation is 1. The zero-order valence-corrected chi connectivity index (χ0v) is 11.5. The van der Waals surface area contributed by atoms with Gasteiger partial charge < -0.3 is 5.11 Å². The molecule has 100 valence electrons. The van der Waals surface area contributed by atoms with Gasteiger partial charge >= 0.3 is 0 Å². The molecule has 0 aliphatic heterocycles. The van der Waals surface area contributed by atoms with E-state index in [0.717, 1.165) is 24.8 Å². The molecule has 2 atom stereocenters. The van der Waals surface area contributed by atoms with Crippen LogP contribution in [0.2, 0.25) is 0 Å². The average Bonchev–Trinajstić information content (AvgIpc) is 2.46. The molecule has 0 amide bonds. The summed E-state index contributed by atoms with van der Waals surface area (Å²) in [6.07, 6.45) is 4.17. The Bertz CT molecular complexity index is 508. The van der Waals surface area contributed by atoms with Crippen LogP contribution < -0.4 is 0 Å². The summed E-state index contributed by atoms with van der Waals surface area (Å²) < 4.78 is 22.5. The second-order valence-corrected chi connectivity index (χ2v) is 7.47. The molecule has 2 unspecified atom stereocenters. The molecule has 2 rings (SSSR count). The molecule has 1 aromatic carbocycles. The molecule has 0 saturated heterocycles. The molecule has 0 fully saturated rings. The minimum Gasteiger partial charge on any atom is -0.388 e. The van der Waals surface area contributed by atoms with Gasteiger partial charge in [-0.25, -0.2) is 8.42 Å². The summed E-state index contributed by atoms with van der Waals surface area (Å²) in [5, 5.41) is 10.4. The Balaban J connectivity index is 2.15. The average molecular weight is 268 g/mol. The van der Waals surface area contributed by atoms with Crippen LogP contribution in [0.4, 0.5) is 0 Å². The lowest BCUT2D eigenvalue weighted by molar-refractivity contribution is 0.103. The van der Waals surface area contributed by atoms with E-state index in [0.29, 0.717) is 6.42 Å². The maximum Gasteiger partial charge on any atom is 0.147 e. The first-order valence-corrected chi connectivity index (χ1v) is 8.47. The van der Waals surface area contributed by atoms with Crippen LogP contribution in [0.15, 0.2) is 24.3 Å². The van der Waals surface area contributed by atoms with Gasteiger partial charge in [-0.2, -0.15) is 0 Å². The van der Waals surface area contributed by atoms with Crippen LogP contribution >= 0.6 is 0 Å². The second-order valence-electron chi connectivity index (χ2n) is 5.21. The molecule has 0 radical (unpaired) electrons. The molecular formula is C14H20O3S. The fourth-order valence-corrected chi connectivity index (χ4v) is 3.42. The first-order valence-electron chi connectivity index (χ1n) is 6.41. The van der Waals surface area contributed by atoms with E-state index in [4.69, 9.17) is 0 Å². The molecule has 0 heterocycles. The van der Waals surface area contributed by atoms with Crippen LogP contribution in [0.3, 0.4) is 0 Å². The SMILES string of the molecule is CS(=O)(=O)CCC1CCCc2ccccc2C1O. The van der Waals surface area contributed by atoms with Crippen molar-refractivity contribution in [3.8, 4) is 0 Å². The third-order valence-corrected chi connectivity index (χ3v) is 4.68. The molecule has 18 heavy (non-hydrogen) atoms. The lowest BCUT2D eigenvalue weighted by atomic mass is 9.91. The monoisotopic (exact) mass is 268 g/mol. The predicted octanol–water partition coefficient (Wildman–Crippen LogP) is 2.11. The normalized spacial score (nSPS) is 24.3. The number of aliphatic hydroxyl groups excluding tert-OH is 1. The fourth-order valence-electron chi connectivity index (χ4n) is 2.68. The number of aliphatic hydroxyl groups is 1. The first kappa shape index (κ1) is 13.6. The highest BCUT2D eigenvalue weighted by molar-refractivity contribution is 7.90. The van der Waals surface area contributed by atoms with E-state index in [1.807, 2.05) is 18.2 Å². The molecule has 0 saturated carbocycles. The van der Waals surface area contributed by atoms with Crippen molar-refractivity contribution in [1.29, 1.82) is 0 Å². The van der Waals surface area contributed by atoms with Crippen molar-refractivity contribution < 1.29 is 13.5 Å². The van der Waals surface area contributed by atoms with Crippen LogP contribution in [0, 0.1) is 5.92 Å². The Labute approximate surface area is 109 Å². The van der Waals surface area contributed by atoms with Gasteiger partial charge in [0.2, 0.25) is 0 Å². The Morgan fingerprint density at radius 2 is 2.06 bits per heavy atom. The molecule has 3 nitrogen and oxygen atoms in total. The predicted molar refractivity (Wildman–Crippen MR) is 72.2 cm³/mol. The van der Waals surface area contributed by atoms with Gasteiger partial charge in [0.15, 0.2) is 0 Å². The largest absolute Gasteiger partial charge is 0.388 e. The van der Waals surface area contributed by atoms with Gasteiger partial charge in [0.25, 0.3) is 0 Å². The van der Waals surface area contributed by atoms with Crippen molar-refractivity contribution in [3.05, 3.63) is 35.4 Å². The molecule has 0 aromatic heterocycles. The third kappa shape index (κ3) is 3.33. The van der Waals surface area contributed by atoms with Crippen molar-refractivity contribution in [3.63, 3.8) is 0 Å². The summed E-state index contributed by atoms with van der Waals surface area (Å²) in [5.41, 5.74) is 2.18. The van der Waals surface area contributed by atoms with Crippen molar-refractivity contribution in [2.45, 2.75) is 31.8 Å². The minimum absolute atomic E-state index is 0.0587. The van der Waals surface area contributed by atoms with E-state index in [1.54, 1.807) is 0 Å². The van der Waals surface area contributed by atoms with Crippen LogP contribution in [0.25, 0.3) is 0 Å². The highest BCUT2D eigenvalue weighted by Crippen LogP contribution is 2.35. The Hall–Kier alpha value is -0.870. The first-order chi connectivity index (χ1) is 8.47. The van der Waals surface area contributed by atoms with E-state index < -0.39 is 15.9 Å². The number of benzene rings is 1. The molecule has 1 aliphatic rings. The van der Waals surface area contributed by atoms with Gasteiger partial charge in [0, 0.05) is 6.26 Å². The van der Waals surface area contributed by atoms with E-state index in [-0.39, 0.29) is 11.7 Å². The molecule has 1 aliphatic carbocycles.